The van der Waals surface area contributed by atoms with Crippen molar-refractivity contribution in [3.8, 4) is 11.5 Å². The van der Waals surface area contributed by atoms with Crippen molar-refractivity contribution in [1.82, 2.24) is 9.97 Å². The molecule has 0 unspecified atom stereocenters. The maximum Gasteiger partial charge on any atom is 0.259 e. The summed E-state index contributed by atoms with van der Waals surface area (Å²) in [6, 6.07) is 5.21. The van der Waals surface area contributed by atoms with E-state index < -0.39 is 0 Å². The highest BCUT2D eigenvalue weighted by atomic mass is 32.1. The highest BCUT2D eigenvalue weighted by Crippen LogP contribution is 2.42. The van der Waals surface area contributed by atoms with Crippen molar-refractivity contribution in [2.24, 2.45) is 11.3 Å². The van der Waals surface area contributed by atoms with Crippen molar-refractivity contribution in [3.05, 3.63) is 44.8 Å². The van der Waals surface area contributed by atoms with Crippen molar-refractivity contribution in [1.29, 1.82) is 0 Å². The number of nitrogens with zero attached hydrogens (tertiary/aromatic N) is 1. The minimum absolute atomic E-state index is 0.0982. The summed E-state index contributed by atoms with van der Waals surface area (Å²) in [5.41, 5.74) is 1.89. The summed E-state index contributed by atoms with van der Waals surface area (Å²) in [5.74, 6) is 2.13. The van der Waals surface area contributed by atoms with Crippen molar-refractivity contribution >= 4 is 33.1 Å². The third kappa shape index (κ3) is 4.90. The third-order valence-corrected chi connectivity index (χ3v) is 7.61. The number of hydrogen-bond acceptors (Lipinski definition) is 6. The van der Waals surface area contributed by atoms with Gasteiger partial charge in [0.1, 0.15) is 22.2 Å². The first-order valence-corrected chi connectivity index (χ1v) is 12.1. The predicted molar refractivity (Wildman–Crippen MR) is 132 cm³/mol. The highest BCUT2D eigenvalue weighted by Gasteiger charge is 2.31. The number of H-pyrrole nitrogens is 1. The molecule has 0 saturated heterocycles. The predicted octanol–water partition coefficient (Wildman–Crippen LogP) is 4.72. The van der Waals surface area contributed by atoms with E-state index >= 15 is 0 Å². The van der Waals surface area contributed by atoms with Crippen LogP contribution in [0.5, 0.6) is 11.5 Å². The molecule has 0 aliphatic heterocycles. The van der Waals surface area contributed by atoms with Gasteiger partial charge in [-0.3, -0.25) is 9.59 Å². The largest absolute Gasteiger partial charge is 0.497 e. The average molecular weight is 470 g/mol. The maximum atomic E-state index is 12.9. The molecule has 3 aromatic rings. The van der Waals surface area contributed by atoms with Crippen LogP contribution >= 0.6 is 11.3 Å². The normalized spacial score (nSPS) is 15.8. The number of benzene rings is 1. The van der Waals surface area contributed by atoms with Gasteiger partial charge in [0.05, 0.1) is 25.3 Å². The molecule has 8 heteroatoms. The number of thiophene rings is 1. The summed E-state index contributed by atoms with van der Waals surface area (Å²) in [5, 5.41) is 3.59. The molecular formula is C25H31N3O4S. The molecule has 1 aromatic carbocycles. The van der Waals surface area contributed by atoms with Gasteiger partial charge in [-0.25, -0.2) is 4.98 Å². The molecule has 0 fully saturated rings. The standard InChI is InChI=1S/C25H31N3O4S/c1-25(2,3)14-6-8-16-19(12-14)33-24-22(16)23(30)27-20(28-24)10-11-21(29)26-17-9-7-15(31-4)13-18(17)32-5/h7,9,13-14H,6,8,10-12H2,1-5H3,(H,26,29)(H,27,28,30)/t14-/m0/s1. The first-order valence-electron chi connectivity index (χ1n) is 11.2. The van der Waals surface area contributed by atoms with E-state index in [1.54, 1.807) is 43.8 Å². The molecule has 1 atom stereocenters. The molecule has 176 valence electrons. The summed E-state index contributed by atoms with van der Waals surface area (Å²) in [6.45, 7) is 6.85. The molecule has 33 heavy (non-hydrogen) atoms. The van der Waals surface area contributed by atoms with Crippen molar-refractivity contribution in [2.45, 2.75) is 52.9 Å². The van der Waals surface area contributed by atoms with Crippen LogP contribution in [0, 0.1) is 11.3 Å². The second-order valence-electron chi connectivity index (χ2n) is 9.62. The molecule has 0 bridgehead atoms. The number of carbonyl (C=O) groups excluding carboxylic acids is 1. The second kappa shape index (κ2) is 9.17. The van der Waals surface area contributed by atoms with Crippen LogP contribution in [0.15, 0.2) is 23.0 Å². The van der Waals surface area contributed by atoms with Crippen LogP contribution in [0.4, 0.5) is 5.69 Å². The summed E-state index contributed by atoms with van der Waals surface area (Å²) in [7, 11) is 3.11. The van der Waals surface area contributed by atoms with Gasteiger partial charge in [0.25, 0.3) is 5.56 Å². The Morgan fingerprint density at radius 1 is 1.27 bits per heavy atom. The number of ether oxygens (including phenoxy) is 2. The molecule has 1 amide bonds. The number of aromatic amines is 1. The molecular weight excluding hydrogens is 438 g/mol. The van der Waals surface area contributed by atoms with Crippen molar-refractivity contribution in [2.75, 3.05) is 19.5 Å². The van der Waals surface area contributed by atoms with Gasteiger partial charge in [-0.15, -0.1) is 11.3 Å². The second-order valence-corrected chi connectivity index (χ2v) is 10.7. The van der Waals surface area contributed by atoms with Crippen molar-refractivity contribution < 1.29 is 14.3 Å². The molecule has 0 radical (unpaired) electrons. The van der Waals surface area contributed by atoms with Crippen LogP contribution in [-0.2, 0) is 24.1 Å². The Labute approximate surface area is 197 Å². The average Bonchev–Trinajstić information content (AvgIpc) is 3.15. The molecule has 1 aliphatic carbocycles. The van der Waals surface area contributed by atoms with Gasteiger partial charge in [0.15, 0.2) is 0 Å². The third-order valence-electron chi connectivity index (χ3n) is 6.46. The lowest BCUT2D eigenvalue weighted by Crippen LogP contribution is -2.26. The first-order chi connectivity index (χ1) is 15.7. The minimum Gasteiger partial charge on any atom is -0.497 e. The number of amides is 1. The number of carbonyl (C=O) groups is 1. The first kappa shape index (κ1) is 23.3. The van der Waals surface area contributed by atoms with E-state index in [4.69, 9.17) is 14.5 Å². The smallest absolute Gasteiger partial charge is 0.259 e. The summed E-state index contributed by atoms with van der Waals surface area (Å²) < 4.78 is 10.5. The summed E-state index contributed by atoms with van der Waals surface area (Å²) in [6.07, 6.45) is 3.57. The highest BCUT2D eigenvalue weighted by molar-refractivity contribution is 7.18. The molecule has 1 aliphatic rings. The lowest BCUT2D eigenvalue weighted by Gasteiger charge is -2.33. The van der Waals surface area contributed by atoms with Crippen LogP contribution in [0.25, 0.3) is 10.2 Å². The van der Waals surface area contributed by atoms with Crippen LogP contribution in [0.1, 0.15) is 49.9 Å². The number of anilines is 1. The fraction of sp³-hybridized carbons (Fsp3) is 0.480. The van der Waals surface area contributed by atoms with Gasteiger partial charge in [-0.1, -0.05) is 20.8 Å². The van der Waals surface area contributed by atoms with Gasteiger partial charge in [-0.05, 0) is 48.3 Å². The Hall–Kier alpha value is -2.87. The number of methoxy groups -OCH3 is 2. The van der Waals surface area contributed by atoms with E-state index in [1.165, 1.54) is 10.4 Å². The molecule has 2 N–H and O–H groups in total. The Balaban J connectivity index is 1.48. The van der Waals surface area contributed by atoms with E-state index in [-0.39, 0.29) is 23.3 Å². The molecule has 2 aromatic heterocycles. The van der Waals surface area contributed by atoms with E-state index in [1.807, 2.05) is 0 Å². The molecule has 0 spiro atoms. The number of rotatable bonds is 6. The van der Waals surface area contributed by atoms with Crippen LogP contribution < -0.4 is 20.3 Å². The van der Waals surface area contributed by atoms with Crippen molar-refractivity contribution in [3.63, 3.8) is 0 Å². The Morgan fingerprint density at radius 3 is 2.76 bits per heavy atom. The molecule has 7 nitrogen and oxygen atoms in total. The van der Waals surface area contributed by atoms with Crippen LogP contribution in [-0.4, -0.2) is 30.1 Å². The number of nitrogens with one attached hydrogen (secondary N) is 2. The quantitative estimate of drug-likeness (QED) is 0.545. The molecule has 2 heterocycles. The van der Waals surface area contributed by atoms with Gasteiger partial charge in [0, 0.05) is 23.8 Å². The van der Waals surface area contributed by atoms with Gasteiger partial charge in [-0.2, -0.15) is 0 Å². The van der Waals surface area contributed by atoms with E-state index in [0.717, 1.165) is 29.5 Å². The van der Waals surface area contributed by atoms with E-state index in [0.29, 0.717) is 35.3 Å². The maximum absolute atomic E-state index is 12.9. The van der Waals surface area contributed by atoms with Gasteiger partial charge < -0.3 is 19.8 Å². The Morgan fingerprint density at radius 2 is 2.06 bits per heavy atom. The zero-order valence-corrected chi connectivity index (χ0v) is 20.6. The SMILES string of the molecule is COc1ccc(NC(=O)CCc2nc3sc4c(c3c(=O)[nH]2)CC[C@H](C(C)(C)C)C4)c(OC)c1. The Kier molecular flexibility index (Phi) is 6.47. The fourth-order valence-corrected chi connectivity index (χ4v) is 5.75. The van der Waals surface area contributed by atoms with E-state index in [2.05, 4.69) is 31.1 Å². The van der Waals surface area contributed by atoms with E-state index in [9.17, 15) is 9.59 Å². The molecule has 0 saturated carbocycles. The van der Waals surface area contributed by atoms with Crippen LogP contribution in [0.2, 0.25) is 0 Å². The van der Waals surface area contributed by atoms with Gasteiger partial charge in [0.2, 0.25) is 5.91 Å². The fourth-order valence-electron chi connectivity index (χ4n) is 4.43. The van der Waals surface area contributed by atoms with Gasteiger partial charge >= 0.3 is 0 Å². The lowest BCUT2D eigenvalue weighted by atomic mass is 9.72. The number of aromatic nitrogens is 2. The zero-order chi connectivity index (χ0) is 23.8. The van der Waals surface area contributed by atoms with Crippen LogP contribution in [0.3, 0.4) is 0 Å². The number of aryl methyl sites for hydroxylation is 2. The number of fused-ring (bicyclic) bond motifs is 3. The summed E-state index contributed by atoms with van der Waals surface area (Å²) in [4.78, 5) is 35.1. The Bertz CT molecular complexity index is 1240. The minimum atomic E-state index is -0.181. The lowest BCUT2D eigenvalue weighted by molar-refractivity contribution is -0.116. The topological polar surface area (TPSA) is 93.3 Å². The number of hydrogen-bond donors (Lipinski definition) is 2. The molecule has 4 rings (SSSR count). The summed E-state index contributed by atoms with van der Waals surface area (Å²) >= 11 is 1.63. The monoisotopic (exact) mass is 469 g/mol. The zero-order valence-electron chi connectivity index (χ0n) is 19.8.